The highest BCUT2D eigenvalue weighted by molar-refractivity contribution is 7.09. The molecule has 1 fully saturated rings. The first-order valence-corrected chi connectivity index (χ1v) is 13.6. The van der Waals surface area contributed by atoms with E-state index < -0.39 is 0 Å². The average Bonchev–Trinajstić information content (AvgIpc) is 3.63. The summed E-state index contributed by atoms with van der Waals surface area (Å²) in [6.45, 7) is 3.17. The molecule has 0 atom stereocenters. The van der Waals surface area contributed by atoms with Crippen molar-refractivity contribution >= 4 is 29.0 Å². The molecule has 1 heterocycles. The van der Waals surface area contributed by atoms with Crippen LogP contribution in [0.25, 0.3) is 0 Å². The Morgan fingerprint density at radius 3 is 2.49 bits per heavy atom. The summed E-state index contributed by atoms with van der Waals surface area (Å²) in [5, 5.41) is 5.06. The van der Waals surface area contributed by atoms with Gasteiger partial charge in [0.25, 0.3) is 0 Å². The van der Waals surface area contributed by atoms with Crippen molar-refractivity contribution in [2.45, 2.75) is 45.2 Å². The quantitative estimate of drug-likeness (QED) is 0.337. The summed E-state index contributed by atoms with van der Waals surface area (Å²) < 4.78 is 10.8. The molecule has 2 aromatic carbocycles. The van der Waals surface area contributed by atoms with Crippen LogP contribution in [-0.4, -0.2) is 55.1 Å². The van der Waals surface area contributed by atoms with Crippen molar-refractivity contribution < 1.29 is 19.1 Å². The molecular weight excluding hydrogens is 486 g/mol. The van der Waals surface area contributed by atoms with Crippen LogP contribution in [0.3, 0.4) is 0 Å². The Hall–Kier alpha value is -3.52. The van der Waals surface area contributed by atoms with E-state index in [2.05, 4.69) is 12.2 Å². The van der Waals surface area contributed by atoms with Crippen LogP contribution in [0.1, 0.15) is 35.8 Å². The first-order chi connectivity index (χ1) is 18.0. The van der Waals surface area contributed by atoms with Crippen molar-refractivity contribution in [2.24, 2.45) is 0 Å². The van der Waals surface area contributed by atoms with Gasteiger partial charge in [0, 0.05) is 23.2 Å². The molecule has 37 heavy (non-hydrogen) atoms. The summed E-state index contributed by atoms with van der Waals surface area (Å²) in [7, 11) is 3.23. The smallest absolute Gasteiger partial charge is 0.322 e. The maximum Gasteiger partial charge on any atom is 0.322 e. The first kappa shape index (κ1) is 26.5. The predicted octanol–water partition coefficient (Wildman–Crippen LogP) is 5.60. The maximum atomic E-state index is 13.6. The van der Waals surface area contributed by atoms with E-state index in [0.29, 0.717) is 31.0 Å². The van der Waals surface area contributed by atoms with Crippen molar-refractivity contribution in [1.29, 1.82) is 0 Å². The molecule has 7 nitrogen and oxygen atoms in total. The van der Waals surface area contributed by atoms with E-state index in [9.17, 15) is 9.59 Å². The van der Waals surface area contributed by atoms with Crippen molar-refractivity contribution in [2.75, 3.05) is 32.6 Å². The fourth-order valence-electron chi connectivity index (χ4n) is 4.32. The molecule has 0 bridgehead atoms. The van der Waals surface area contributed by atoms with Gasteiger partial charge in [0.15, 0.2) is 11.5 Å². The molecule has 0 saturated heterocycles. The Bertz CT molecular complexity index is 1190. The molecule has 8 heteroatoms. The number of carbonyl (C=O) groups is 2. The van der Waals surface area contributed by atoms with E-state index in [0.717, 1.165) is 41.0 Å². The van der Waals surface area contributed by atoms with Crippen LogP contribution < -0.4 is 14.8 Å². The SMILES string of the molecule is CCc1ccccc1NC(=O)N(CC(=O)N(CCc1ccc(OC)c(OC)c1)Cc1cccs1)C1CC1. The molecule has 1 saturated carbocycles. The lowest BCUT2D eigenvalue weighted by atomic mass is 10.1. The summed E-state index contributed by atoms with van der Waals surface area (Å²) in [5.41, 5.74) is 2.93. The number of hydrogen-bond donors (Lipinski definition) is 1. The molecule has 1 aromatic heterocycles. The third-order valence-corrected chi connectivity index (χ3v) is 7.45. The maximum absolute atomic E-state index is 13.6. The average molecular weight is 522 g/mol. The van der Waals surface area contributed by atoms with Gasteiger partial charge in [0.1, 0.15) is 6.54 Å². The zero-order valence-corrected chi connectivity index (χ0v) is 22.6. The molecular formula is C29H35N3O4S. The Balaban J connectivity index is 1.46. The van der Waals surface area contributed by atoms with Gasteiger partial charge in [-0.3, -0.25) is 4.79 Å². The largest absolute Gasteiger partial charge is 0.493 e. The van der Waals surface area contributed by atoms with Crippen molar-refractivity contribution in [3.63, 3.8) is 0 Å². The molecule has 0 spiro atoms. The van der Waals surface area contributed by atoms with Gasteiger partial charge in [-0.15, -0.1) is 11.3 Å². The van der Waals surface area contributed by atoms with E-state index in [4.69, 9.17) is 9.47 Å². The molecule has 0 aliphatic heterocycles. The second-order valence-electron chi connectivity index (χ2n) is 9.13. The van der Waals surface area contributed by atoms with E-state index in [-0.39, 0.29) is 24.5 Å². The van der Waals surface area contributed by atoms with Gasteiger partial charge in [-0.2, -0.15) is 0 Å². The van der Waals surface area contributed by atoms with Crippen LogP contribution in [0, 0.1) is 0 Å². The van der Waals surface area contributed by atoms with Crippen LogP contribution in [0.5, 0.6) is 11.5 Å². The van der Waals surface area contributed by atoms with Gasteiger partial charge < -0.3 is 24.6 Å². The van der Waals surface area contributed by atoms with Crippen LogP contribution in [0.2, 0.25) is 0 Å². The molecule has 1 aliphatic carbocycles. The number of amides is 3. The van der Waals surface area contributed by atoms with Crippen LogP contribution in [0.4, 0.5) is 10.5 Å². The normalized spacial score (nSPS) is 12.6. The molecule has 0 radical (unpaired) electrons. The van der Waals surface area contributed by atoms with Crippen molar-refractivity contribution in [1.82, 2.24) is 9.80 Å². The Labute approximate surface area is 223 Å². The fraction of sp³-hybridized carbons (Fsp3) is 0.379. The highest BCUT2D eigenvalue weighted by atomic mass is 32.1. The van der Waals surface area contributed by atoms with Crippen LogP contribution in [-0.2, 0) is 24.2 Å². The summed E-state index contributed by atoms with van der Waals surface area (Å²) in [6.07, 6.45) is 3.33. The fourth-order valence-corrected chi connectivity index (χ4v) is 5.04. The minimum absolute atomic E-state index is 0.0558. The number of nitrogens with one attached hydrogen (secondary N) is 1. The number of hydrogen-bond acceptors (Lipinski definition) is 5. The monoisotopic (exact) mass is 521 g/mol. The number of benzene rings is 2. The third-order valence-electron chi connectivity index (χ3n) is 6.59. The summed E-state index contributed by atoms with van der Waals surface area (Å²) in [6, 6.07) is 17.5. The molecule has 3 amide bonds. The Morgan fingerprint density at radius 1 is 1.03 bits per heavy atom. The zero-order chi connectivity index (χ0) is 26.2. The lowest BCUT2D eigenvalue weighted by molar-refractivity contribution is -0.132. The second kappa shape index (κ2) is 12.6. The number of aryl methyl sites for hydroxylation is 1. The van der Waals surface area contributed by atoms with E-state index >= 15 is 0 Å². The number of rotatable bonds is 12. The van der Waals surface area contributed by atoms with Gasteiger partial charge >= 0.3 is 6.03 Å². The highest BCUT2D eigenvalue weighted by Crippen LogP contribution is 2.29. The topological polar surface area (TPSA) is 71.1 Å². The lowest BCUT2D eigenvalue weighted by Gasteiger charge is -2.28. The number of anilines is 1. The molecule has 1 aliphatic rings. The molecule has 0 unspecified atom stereocenters. The molecule has 3 aromatic rings. The lowest BCUT2D eigenvalue weighted by Crippen LogP contribution is -2.45. The van der Waals surface area contributed by atoms with Gasteiger partial charge in [-0.05, 0) is 66.5 Å². The van der Waals surface area contributed by atoms with Crippen LogP contribution >= 0.6 is 11.3 Å². The number of carbonyl (C=O) groups excluding carboxylic acids is 2. The van der Waals surface area contributed by atoms with E-state index in [1.165, 1.54) is 0 Å². The summed E-state index contributed by atoms with van der Waals surface area (Å²) >= 11 is 1.63. The summed E-state index contributed by atoms with van der Waals surface area (Å²) in [5.74, 6) is 1.29. The zero-order valence-electron chi connectivity index (χ0n) is 21.7. The van der Waals surface area contributed by atoms with Gasteiger partial charge in [-0.1, -0.05) is 37.3 Å². The van der Waals surface area contributed by atoms with Gasteiger partial charge in [0.05, 0.1) is 20.8 Å². The van der Waals surface area contributed by atoms with E-state index in [1.54, 1.807) is 30.5 Å². The van der Waals surface area contributed by atoms with E-state index in [1.807, 2.05) is 64.9 Å². The number of thiophene rings is 1. The third kappa shape index (κ3) is 7.04. The van der Waals surface area contributed by atoms with Crippen LogP contribution in [0.15, 0.2) is 60.0 Å². The second-order valence-corrected chi connectivity index (χ2v) is 10.2. The molecule has 4 rings (SSSR count). The summed E-state index contributed by atoms with van der Waals surface area (Å²) in [4.78, 5) is 31.5. The number of urea groups is 1. The highest BCUT2D eigenvalue weighted by Gasteiger charge is 2.35. The Morgan fingerprint density at radius 2 is 1.81 bits per heavy atom. The number of methoxy groups -OCH3 is 2. The van der Waals surface area contributed by atoms with Gasteiger partial charge in [-0.25, -0.2) is 4.79 Å². The Kier molecular flexibility index (Phi) is 9.06. The molecule has 196 valence electrons. The minimum atomic E-state index is -0.215. The van der Waals surface area contributed by atoms with Gasteiger partial charge in [0.2, 0.25) is 5.91 Å². The molecule has 1 N–H and O–H groups in total. The van der Waals surface area contributed by atoms with Crippen molar-refractivity contribution in [3.8, 4) is 11.5 Å². The number of nitrogens with zero attached hydrogens (tertiary/aromatic N) is 2. The predicted molar refractivity (Wildman–Crippen MR) is 148 cm³/mol. The first-order valence-electron chi connectivity index (χ1n) is 12.7. The van der Waals surface area contributed by atoms with Crippen molar-refractivity contribution in [3.05, 3.63) is 76.0 Å². The number of para-hydroxylation sites is 1. The number of ether oxygens (including phenoxy) is 2. The standard InChI is InChI=1S/C29H35N3O4S/c1-4-22-8-5-6-10-25(22)30-29(34)32(23-12-13-23)20-28(33)31(19-24-9-7-17-37-24)16-15-21-11-14-26(35-2)27(18-21)36-3/h5-11,14,17-18,23H,4,12-13,15-16,19-20H2,1-3H3,(H,30,34). The minimum Gasteiger partial charge on any atom is -0.493 e.